The smallest absolute Gasteiger partial charge is 0.325 e. The van der Waals surface area contributed by atoms with E-state index in [1.807, 2.05) is 24.3 Å². The molecule has 122 valence electrons. The molecule has 0 radical (unpaired) electrons. The number of carbonyl (C=O) groups is 2. The van der Waals surface area contributed by atoms with Crippen LogP contribution in [0.25, 0.3) is 11.0 Å². The van der Waals surface area contributed by atoms with Gasteiger partial charge in [-0.3, -0.25) is 9.59 Å². The molecule has 3 rings (SSSR count). The Morgan fingerprint density at radius 2 is 2.22 bits per heavy atom. The Bertz CT molecular complexity index is 736. The molecule has 0 bridgehead atoms. The average molecular weight is 317 g/mol. The fraction of sp³-hybridized carbons (Fsp3) is 0.412. The Hall–Kier alpha value is -2.50. The largest absolute Gasteiger partial charge is 0.497 e. The SMILES string of the molecule is CCOC(=O)CN1CC(c2cc3cc(OC)ccc3o2)CC1=O. The van der Waals surface area contributed by atoms with Crippen LogP contribution in [-0.2, 0) is 14.3 Å². The number of nitrogens with zero attached hydrogens (tertiary/aromatic N) is 1. The lowest BCUT2D eigenvalue weighted by Crippen LogP contribution is -2.32. The molecular formula is C17H19NO5. The number of carbonyl (C=O) groups excluding carboxylic acids is 2. The number of fused-ring (bicyclic) bond motifs is 1. The predicted octanol–water partition coefficient (Wildman–Crippen LogP) is 2.32. The zero-order valence-corrected chi connectivity index (χ0v) is 13.2. The van der Waals surface area contributed by atoms with E-state index < -0.39 is 0 Å². The molecule has 1 atom stereocenters. The topological polar surface area (TPSA) is 69.0 Å². The normalized spacial score (nSPS) is 17.7. The van der Waals surface area contributed by atoms with Gasteiger partial charge in [-0.05, 0) is 31.2 Å². The second kappa shape index (κ2) is 6.32. The van der Waals surface area contributed by atoms with Crippen LogP contribution in [0.2, 0.25) is 0 Å². The molecule has 0 N–H and O–H groups in total. The Kier molecular flexibility index (Phi) is 4.23. The van der Waals surface area contributed by atoms with E-state index >= 15 is 0 Å². The van der Waals surface area contributed by atoms with Crippen LogP contribution in [0.15, 0.2) is 28.7 Å². The molecule has 1 aromatic carbocycles. The van der Waals surface area contributed by atoms with Crippen molar-refractivity contribution in [3.8, 4) is 5.75 Å². The fourth-order valence-corrected chi connectivity index (χ4v) is 2.85. The first-order valence-electron chi connectivity index (χ1n) is 7.61. The van der Waals surface area contributed by atoms with Gasteiger partial charge in [-0.15, -0.1) is 0 Å². The van der Waals surface area contributed by atoms with Crippen LogP contribution in [0.1, 0.15) is 25.0 Å². The summed E-state index contributed by atoms with van der Waals surface area (Å²) < 4.78 is 15.9. The minimum absolute atomic E-state index is 0.00275. The average Bonchev–Trinajstić information content (AvgIpc) is 3.10. The summed E-state index contributed by atoms with van der Waals surface area (Å²) in [5.74, 6) is 1.04. The Balaban J connectivity index is 1.75. The van der Waals surface area contributed by atoms with Gasteiger partial charge < -0.3 is 18.8 Å². The second-order valence-corrected chi connectivity index (χ2v) is 5.53. The van der Waals surface area contributed by atoms with E-state index in [0.29, 0.717) is 19.6 Å². The highest BCUT2D eigenvalue weighted by Gasteiger charge is 2.34. The first-order chi connectivity index (χ1) is 11.1. The van der Waals surface area contributed by atoms with Crippen molar-refractivity contribution in [3.05, 3.63) is 30.0 Å². The van der Waals surface area contributed by atoms with Crippen molar-refractivity contribution in [1.29, 1.82) is 0 Å². The van der Waals surface area contributed by atoms with Gasteiger partial charge in [-0.2, -0.15) is 0 Å². The molecule has 1 amide bonds. The first-order valence-corrected chi connectivity index (χ1v) is 7.61. The van der Waals surface area contributed by atoms with Crippen molar-refractivity contribution in [2.45, 2.75) is 19.3 Å². The third kappa shape index (κ3) is 3.16. The summed E-state index contributed by atoms with van der Waals surface area (Å²) in [6.07, 6.45) is 0.344. The predicted molar refractivity (Wildman–Crippen MR) is 83.3 cm³/mol. The van der Waals surface area contributed by atoms with Crippen LogP contribution in [0.5, 0.6) is 5.75 Å². The van der Waals surface area contributed by atoms with Crippen molar-refractivity contribution in [2.24, 2.45) is 0 Å². The van der Waals surface area contributed by atoms with E-state index in [1.165, 1.54) is 4.90 Å². The lowest BCUT2D eigenvalue weighted by molar-refractivity contribution is -0.147. The monoisotopic (exact) mass is 317 g/mol. The molecule has 6 heteroatoms. The molecule has 6 nitrogen and oxygen atoms in total. The molecule has 1 aromatic heterocycles. The van der Waals surface area contributed by atoms with Gasteiger partial charge in [0.25, 0.3) is 0 Å². The van der Waals surface area contributed by atoms with Crippen LogP contribution < -0.4 is 4.74 Å². The number of amides is 1. The molecule has 23 heavy (non-hydrogen) atoms. The minimum Gasteiger partial charge on any atom is -0.497 e. The summed E-state index contributed by atoms with van der Waals surface area (Å²) in [5, 5.41) is 0.940. The lowest BCUT2D eigenvalue weighted by atomic mass is 10.1. The molecule has 0 saturated carbocycles. The molecular weight excluding hydrogens is 298 g/mol. The van der Waals surface area contributed by atoms with E-state index in [0.717, 1.165) is 22.5 Å². The van der Waals surface area contributed by atoms with E-state index in [2.05, 4.69) is 0 Å². The molecule has 0 aliphatic carbocycles. The van der Waals surface area contributed by atoms with Gasteiger partial charge >= 0.3 is 5.97 Å². The zero-order chi connectivity index (χ0) is 16.4. The van der Waals surface area contributed by atoms with Gasteiger partial charge in [-0.25, -0.2) is 0 Å². The number of furan rings is 1. The van der Waals surface area contributed by atoms with Gasteiger partial charge in [0.15, 0.2) is 0 Å². The van der Waals surface area contributed by atoms with Gasteiger partial charge in [-0.1, -0.05) is 0 Å². The fourth-order valence-electron chi connectivity index (χ4n) is 2.85. The molecule has 1 saturated heterocycles. The van der Waals surface area contributed by atoms with Gasteiger partial charge in [0.2, 0.25) is 5.91 Å². The number of methoxy groups -OCH3 is 1. The minimum atomic E-state index is -0.379. The van der Waals surface area contributed by atoms with Crippen molar-refractivity contribution in [2.75, 3.05) is 26.8 Å². The van der Waals surface area contributed by atoms with Gasteiger partial charge in [0.1, 0.15) is 23.6 Å². The zero-order valence-electron chi connectivity index (χ0n) is 13.2. The van der Waals surface area contributed by atoms with Crippen molar-refractivity contribution in [3.63, 3.8) is 0 Å². The lowest BCUT2D eigenvalue weighted by Gasteiger charge is -2.14. The first kappa shape index (κ1) is 15.4. The van der Waals surface area contributed by atoms with E-state index in [9.17, 15) is 9.59 Å². The third-order valence-corrected chi connectivity index (χ3v) is 3.98. The van der Waals surface area contributed by atoms with Crippen LogP contribution in [0.3, 0.4) is 0 Å². The summed E-state index contributed by atoms with van der Waals surface area (Å²) in [6.45, 7) is 2.52. The van der Waals surface area contributed by atoms with Crippen LogP contribution in [-0.4, -0.2) is 43.6 Å². The number of hydrogen-bond acceptors (Lipinski definition) is 5. The summed E-state index contributed by atoms with van der Waals surface area (Å²) in [4.78, 5) is 25.1. The maximum atomic E-state index is 12.1. The highest BCUT2D eigenvalue weighted by Crippen LogP contribution is 2.33. The van der Waals surface area contributed by atoms with Crippen molar-refractivity contribution >= 4 is 22.8 Å². The number of hydrogen-bond donors (Lipinski definition) is 0. The summed E-state index contributed by atoms with van der Waals surface area (Å²) in [6, 6.07) is 7.52. The third-order valence-electron chi connectivity index (χ3n) is 3.98. The summed E-state index contributed by atoms with van der Waals surface area (Å²) >= 11 is 0. The van der Waals surface area contributed by atoms with Crippen molar-refractivity contribution in [1.82, 2.24) is 4.90 Å². The standard InChI is InChI=1S/C17H19NO5/c1-3-22-17(20)10-18-9-12(8-16(18)19)15-7-11-6-13(21-2)4-5-14(11)23-15/h4-7,12H,3,8-10H2,1-2H3. The number of ether oxygens (including phenoxy) is 2. The van der Waals surface area contributed by atoms with Crippen LogP contribution >= 0.6 is 0 Å². The maximum Gasteiger partial charge on any atom is 0.325 e. The van der Waals surface area contributed by atoms with E-state index in [4.69, 9.17) is 13.9 Å². The molecule has 1 fully saturated rings. The second-order valence-electron chi connectivity index (χ2n) is 5.53. The van der Waals surface area contributed by atoms with E-state index in [1.54, 1.807) is 14.0 Å². The van der Waals surface area contributed by atoms with Gasteiger partial charge in [0, 0.05) is 24.3 Å². The van der Waals surface area contributed by atoms with Crippen LogP contribution in [0.4, 0.5) is 0 Å². The summed E-state index contributed by atoms with van der Waals surface area (Å²) in [5.41, 5.74) is 0.761. The quantitative estimate of drug-likeness (QED) is 0.792. The molecule has 2 heterocycles. The molecule has 0 spiro atoms. The highest BCUT2D eigenvalue weighted by atomic mass is 16.5. The Labute approximate surface area is 133 Å². The number of likely N-dealkylation sites (tertiary alicyclic amines) is 1. The van der Waals surface area contributed by atoms with Gasteiger partial charge in [0.05, 0.1) is 13.7 Å². The Morgan fingerprint density at radius 3 is 2.96 bits per heavy atom. The number of esters is 1. The molecule has 1 unspecified atom stereocenters. The van der Waals surface area contributed by atoms with E-state index in [-0.39, 0.29) is 24.3 Å². The number of benzene rings is 1. The Morgan fingerprint density at radius 1 is 1.39 bits per heavy atom. The van der Waals surface area contributed by atoms with Crippen molar-refractivity contribution < 1.29 is 23.5 Å². The molecule has 1 aliphatic rings. The molecule has 1 aliphatic heterocycles. The highest BCUT2D eigenvalue weighted by molar-refractivity contribution is 5.85. The molecule has 2 aromatic rings. The van der Waals surface area contributed by atoms with Crippen LogP contribution in [0, 0.1) is 0 Å². The maximum absolute atomic E-state index is 12.1. The number of rotatable bonds is 5. The summed E-state index contributed by atoms with van der Waals surface area (Å²) in [7, 11) is 1.62.